The fraction of sp³-hybridized carbons (Fsp3) is 0.200. The van der Waals surface area contributed by atoms with Crippen LogP contribution in [-0.4, -0.2) is 31.7 Å². The molecule has 0 radical (unpaired) electrons. The number of hydrogen-bond donors (Lipinski definition) is 1. The van der Waals surface area contributed by atoms with Crippen LogP contribution in [0.2, 0.25) is 0 Å². The third kappa shape index (κ3) is 2.79. The quantitative estimate of drug-likeness (QED) is 0.541. The first kappa shape index (κ1) is 17.7. The third-order valence-electron chi connectivity index (χ3n) is 4.47. The second-order valence-corrected chi connectivity index (χ2v) is 6.10. The number of methoxy groups -OCH3 is 2. The van der Waals surface area contributed by atoms with Crippen LogP contribution in [0.1, 0.15) is 11.7 Å². The average molecular weight is 384 g/mol. The molecule has 1 aliphatic rings. The molecule has 144 valence electrons. The van der Waals surface area contributed by atoms with Gasteiger partial charge in [0.25, 0.3) is 0 Å². The van der Waals surface area contributed by atoms with E-state index in [-0.39, 0.29) is 28.6 Å². The number of carbonyl (C=O) groups is 1. The summed E-state index contributed by atoms with van der Waals surface area (Å²) in [5.41, 5.74) is 0.166. The van der Waals surface area contributed by atoms with E-state index >= 15 is 0 Å². The monoisotopic (exact) mass is 384 g/mol. The number of ether oxygens (including phenoxy) is 4. The van der Waals surface area contributed by atoms with E-state index in [4.69, 9.17) is 23.4 Å². The SMILES string of the molecule is COc1cc(C2Oc3c(c(OC)cc4ccc(=O)oc34)OC2C=O)ccc1O. The standard InChI is InChI=1S/C20H16O8/c1-24-13-7-10(3-5-12(13)22)17-15(9-21)26-19-14(25-2)8-11-4-6-16(23)27-18(11)20(19)28-17/h3-9,15,17,22H,1-2H3. The van der Waals surface area contributed by atoms with Gasteiger partial charge in [-0.1, -0.05) is 6.07 Å². The first-order valence-corrected chi connectivity index (χ1v) is 8.36. The minimum absolute atomic E-state index is 0.0517. The minimum Gasteiger partial charge on any atom is -0.504 e. The van der Waals surface area contributed by atoms with Crippen molar-refractivity contribution < 1.29 is 33.3 Å². The Morgan fingerprint density at radius 3 is 2.50 bits per heavy atom. The molecule has 2 aromatic carbocycles. The largest absolute Gasteiger partial charge is 0.504 e. The molecule has 2 heterocycles. The van der Waals surface area contributed by atoms with Gasteiger partial charge in [-0.05, 0) is 24.3 Å². The second kappa shape index (κ2) is 6.80. The zero-order valence-electron chi connectivity index (χ0n) is 15.0. The van der Waals surface area contributed by atoms with Crippen molar-refractivity contribution in [2.45, 2.75) is 12.2 Å². The maximum Gasteiger partial charge on any atom is 0.336 e. The molecule has 0 aliphatic carbocycles. The Kier molecular flexibility index (Phi) is 4.31. The number of fused-ring (bicyclic) bond motifs is 3. The van der Waals surface area contributed by atoms with Crippen molar-refractivity contribution in [3.63, 3.8) is 0 Å². The molecule has 8 heteroatoms. The van der Waals surface area contributed by atoms with Crippen molar-refractivity contribution in [1.29, 1.82) is 0 Å². The summed E-state index contributed by atoms with van der Waals surface area (Å²) in [6.45, 7) is 0. The first-order chi connectivity index (χ1) is 13.5. The van der Waals surface area contributed by atoms with Crippen molar-refractivity contribution in [3.05, 3.63) is 52.4 Å². The Hall–Kier alpha value is -3.68. The number of hydrogen-bond acceptors (Lipinski definition) is 8. The molecule has 3 aromatic rings. The first-order valence-electron chi connectivity index (χ1n) is 8.36. The molecule has 0 fully saturated rings. The number of phenolic OH excluding ortho intramolecular Hbond substituents is 1. The summed E-state index contributed by atoms with van der Waals surface area (Å²) in [6, 6.07) is 9.06. The summed E-state index contributed by atoms with van der Waals surface area (Å²) in [7, 11) is 2.87. The van der Waals surface area contributed by atoms with Crippen molar-refractivity contribution in [3.8, 4) is 28.7 Å². The van der Waals surface area contributed by atoms with Crippen LogP contribution in [0.25, 0.3) is 11.0 Å². The average Bonchev–Trinajstić information content (AvgIpc) is 2.72. The molecule has 2 atom stereocenters. The van der Waals surface area contributed by atoms with Crippen LogP contribution >= 0.6 is 0 Å². The van der Waals surface area contributed by atoms with Crippen LogP contribution < -0.4 is 24.6 Å². The lowest BCUT2D eigenvalue weighted by molar-refractivity contribution is -0.119. The zero-order chi connectivity index (χ0) is 19.8. The molecule has 28 heavy (non-hydrogen) atoms. The number of phenols is 1. The van der Waals surface area contributed by atoms with E-state index in [0.29, 0.717) is 23.0 Å². The van der Waals surface area contributed by atoms with Crippen molar-refractivity contribution in [2.24, 2.45) is 0 Å². The van der Waals surface area contributed by atoms with Gasteiger partial charge in [0, 0.05) is 17.0 Å². The lowest BCUT2D eigenvalue weighted by atomic mass is 10.0. The second-order valence-electron chi connectivity index (χ2n) is 6.10. The maximum atomic E-state index is 11.7. The number of aldehydes is 1. The fourth-order valence-corrected chi connectivity index (χ4v) is 3.13. The molecule has 8 nitrogen and oxygen atoms in total. The van der Waals surface area contributed by atoms with Gasteiger partial charge in [0.1, 0.15) is 0 Å². The van der Waals surface area contributed by atoms with E-state index in [1.807, 2.05) is 0 Å². The van der Waals surface area contributed by atoms with Crippen LogP contribution in [0.15, 0.2) is 45.6 Å². The van der Waals surface area contributed by atoms with Crippen LogP contribution in [0, 0.1) is 0 Å². The zero-order valence-corrected chi connectivity index (χ0v) is 15.0. The predicted octanol–water partition coefficient (Wildman–Crippen LogP) is 2.60. The van der Waals surface area contributed by atoms with Crippen LogP contribution in [0.5, 0.6) is 28.7 Å². The van der Waals surface area contributed by atoms with E-state index in [0.717, 1.165) is 0 Å². The molecule has 4 rings (SSSR count). The summed E-state index contributed by atoms with van der Waals surface area (Å²) < 4.78 is 27.7. The van der Waals surface area contributed by atoms with Crippen LogP contribution in [0.3, 0.4) is 0 Å². The van der Waals surface area contributed by atoms with Gasteiger partial charge in [-0.2, -0.15) is 0 Å². The Morgan fingerprint density at radius 2 is 1.79 bits per heavy atom. The van der Waals surface area contributed by atoms with E-state index in [1.165, 1.54) is 26.4 Å². The predicted molar refractivity (Wildman–Crippen MR) is 97.5 cm³/mol. The molecule has 0 saturated carbocycles. The van der Waals surface area contributed by atoms with Gasteiger partial charge in [-0.15, -0.1) is 0 Å². The third-order valence-corrected chi connectivity index (χ3v) is 4.47. The smallest absolute Gasteiger partial charge is 0.336 e. The highest BCUT2D eigenvalue weighted by molar-refractivity contribution is 5.88. The molecule has 0 spiro atoms. The molecule has 1 N–H and O–H groups in total. The Bertz CT molecular complexity index is 1120. The van der Waals surface area contributed by atoms with Gasteiger partial charge in [0.15, 0.2) is 41.3 Å². The lowest BCUT2D eigenvalue weighted by Crippen LogP contribution is -2.34. The van der Waals surface area contributed by atoms with E-state index < -0.39 is 17.8 Å². The molecular formula is C20H16O8. The van der Waals surface area contributed by atoms with Crippen molar-refractivity contribution in [1.82, 2.24) is 0 Å². The summed E-state index contributed by atoms with van der Waals surface area (Å²) in [4.78, 5) is 23.4. The Balaban J connectivity index is 1.90. The number of rotatable bonds is 4. The highest BCUT2D eigenvalue weighted by Crippen LogP contribution is 2.49. The summed E-state index contributed by atoms with van der Waals surface area (Å²) in [5, 5.41) is 10.4. The highest BCUT2D eigenvalue weighted by atomic mass is 16.6. The van der Waals surface area contributed by atoms with Crippen LogP contribution in [0.4, 0.5) is 0 Å². The van der Waals surface area contributed by atoms with Gasteiger partial charge in [-0.25, -0.2) is 4.79 Å². The maximum absolute atomic E-state index is 11.7. The molecular weight excluding hydrogens is 368 g/mol. The van der Waals surface area contributed by atoms with Crippen molar-refractivity contribution in [2.75, 3.05) is 14.2 Å². The molecule has 0 bridgehead atoms. The minimum atomic E-state index is -0.997. The van der Waals surface area contributed by atoms with Gasteiger partial charge in [0.05, 0.1) is 14.2 Å². The summed E-state index contributed by atoms with van der Waals surface area (Å²) in [5.74, 6) is 0.832. The molecule has 0 amide bonds. The Labute approximate surface area is 158 Å². The van der Waals surface area contributed by atoms with Crippen LogP contribution in [-0.2, 0) is 4.79 Å². The summed E-state index contributed by atoms with van der Waals surface area (Å²) in [6.07, 6.45) is -1.25. The lowest BCUT2D eigenvalue weighted by Gasteiger charge is -2.32. The van der Waals surface area contributed by atoms with Gasteiger partial charge >= 0.3 is 5.63 Å². The summed E-state index contributed by atoms with van der Waals surface area (Å²) >= 11 is 0. The van der Waals surface area contributed by atoms with Gasteiger partial charge in [0.2, 0.25) is 11.5 Å². The fourth-order valence-electron chi connectivity index (χ4n) is 3.13. The number of benzene rings is 2. The van der Waals surface area contributed by atoms with Gasteiger partial charge < -0.3 is 28.5 Å². The Morgan fingerprint density at radius 1 is 1.00 bits per heavy atom. The van der Waals surface area contributed by atoms with Crippen molar-refractivity contribution >= 4 is 17.3 Å². The normalized spacial score (nSPS) is 17.9. The molecule has 0 saturated heterocycles. The molecule has 1 aromatic heterocycles. The number of carbonyl (C=O) groups excluding carboxylic acids is 1. The highest BCUT2D eigenvalue weighted by Gasteiger charge is 2.37. The molecule has 1 aliphatic heterocycles. The van der Waals surface area contributed by atoms with Gasteiger partial charge in [-0.3, -0.25) is 4.79 Å². The van der Waals surface area contributed by atoms with E-state index in [2.05, 4.69) is 0 Å². The van der Waals surface area contributed by atoms with E-state index in [9.17, 15) is 14.7 Å². The molecule has 2 unspecified atom stereocenters. The number of aromatic hydroxyl groups is 1. The topological polar surface area (TPSA) is 104 Å². The van der Waals surface area contributed by atoms with E-state index in [1.54, 1.807) is 24.3 Å².